The number of hydrogen-bond acceptors (Lipinski definition) is 8. The van der Waals surface area contributed by atoms with E-state index in [1.165, 1.54) is 12.4 Å². The van der Waals surface area contributed by atoms with E-state index in [1.807, 2.05) is 63.2 Å². The number of alkyl carbamates (subject to hydrolysis) is 1. The Hall–Kier alpha value is -4.19. The third kappa shape index (κ3) is 6.73. The molecular formula is C28H31N5O4. The number of amides is 1. The van der Waals surface area contributed by atoms with Gasteiger partial charge in [0.1, 0.15) is 29.3 Å². The van der Waals surface area contributed by atoms with Crippen molar-refractivity contribution in [2.24, 2.45) is 0 Å². The zero-order chi connectivity index (χ0) is 26.6. The highest BCUT2D eigenvalue weighted by molar-refractivity contribution is 5.68. The van der Waals surface area contributed by atoms with Crippen LogP contribution >= 0.6 is 0 Å². The van der Waals surface area contributed by atoms with Crippen molar-refractivity contribution < 1.29 is 19.0 Å². The Bertz CT molecular complexity index is 1250. The summed E-state index contributed by atoms with van der Waals surface area (Å²) < 4.78 is 17.1. The first-order valence-electron chi connectivity index (χ1n) is 12.1. The van der Waals surface area contributed by atoms with Crippen LogP contribution in [0.15, 0.2) is 55.0 Å². The Morgan fingerprint density at radius 3 is 2.11 bits per heavy atom. The fraction of sp³-hybridized carbons (Fsp3) is 0.393. The number of pyridine rings is 1. The molecule has 0 aliphatic heterocycles. The molecule has 9 nitrogen and oxygen atoms in total. The SMILES string of the molecule is CC(C)(C)OC(=O)NC1CC(Oc2ccc(C(C)(C)c3ccc(Oc4cnc(C#N)nc4)cc3)nc2)C1. The van der Waals surface area contributed by atoms with Gasteiger partial charge in [0.05, 0.1) is 24.3 Å². The van der Waals surface area contributed by atoms with Crippen molar-refractivity contribution in [3.63, 3.8) is 0 Å². The molecule has 1 aromatic carbocycles. The van der Waals surface area contributed by atoms with E-state index in [0.29, 0.717) is 17.2 Å². The molecule has 1 N–H and O–H groups in total. The van der Waals surface area contributed by atoms with Gasteiger partial charge in [0.15, 0.2) is 5.75 Å². The van der Waals surface area contributed by atoms with Gasteiger partial charge in [0, 0.05) is 24.3 Å². The monoisotopic (exact) mass is 501 g/mol. The number of benzene rings is 1. The van der Waals surface area contributed by atoms with E-state index >= 15 is 0 Å². The van der Waals surface area contributed by atoms with E-state index in [-0.39, 0.29) is 23.4 Å². The number of nitriles is 1. The van der Waals surface area contributed by atoms with Crippen molar-refractivity contribution in [2.45, 2.75) is 70.6 Å². The van der Waals surface area contributed by atoms with Gasteiger partial charge in [-0.2, -0.15) is 5.26 Å². The van der Waals surface area contributed by atoms with Gasteiger partial charge in [-0.25, -0.2) is 14.8 Å². The number of aromatic nitrogens is 3. The zero-order valence-electron chi connectivity index (χ0n) is 21.7. The van der Waals surface area contributed by atoms with Gasteiger partial charge in [-0.3, -0.25) is 4.98 Å². The van der Waals surface area contributed by atoms with Crippen LogP contribution in [0.3, 0.4) is 0 Å². The van der Waals surface area contributed by atoms with Gasteiger partial charge in [0.2, 0.25) is 5.82 Å². The summed E-state index contributed by atoms with van der Waals surface area (Å²) in [6, 6.07) is 13.6. The number of rotatable bonds is 7. The first-order valence-corrected chi connectivity index (χ1v) is 12.1. The molecule has 2 heterocycles. The van der Waals surface area contributed by atoms with Crippen LogP contribution in [0.1, 0.15) is 64.5 Å². The van der Waals surface area contributed by atoms with Gasteiger partial charge < -0.3 is 19.5 Å². The summed E-state index contributed by atoms with van der Waals surface area (Å²) in [5.74, 6) is 1.90. The molecule has 2 aromatic heterocycles. The first-order chi connectivity index (χ1) is 17.5. The molecule has 1 aliphatic carbocycles. The molecule has 1 amide bonds. The summed E-state index contributed by atoms with van der Waals surface area (Å²) in [6.45, 7) is 9.75. The average Bonchev–Trinajstić information content (AvgIpc) is 2.83. The minimum Gasteiger partial charge on any atom is -0.489 e. The summed E-state index contributed by atoms with van der Waals surface area (Å²) >= 11 is 0. The molecule has 0 atom stereocenters. The molecule has 9 heteroatoms. The normalized spacial score (nSPS) is 17.2. The van der Waals surface area contributed by atoms with Crippen LogP contribution in [0.25, 0.3) is 0 Å². The number of carbonyl (C=O) groups is 1. The quantitative estimate of drug-likeness (QED) is 0.463. The van der Waals surface area contributed by atoms with E-state index < -0.39 is 11.7 Å². The molecule has 4 rings (SSSR count). The van der Waals surface area contributed by atoms with Crippen LogP contribution in [-0.4, -0.2) is 38.8 Å². The first kappa shape index (κ1) is 25.9. The largest absolute Gasteiger partial charge is 0.489 e. The number of ether oxygens (including phenoxy) is 3. The molecule has 1 aliphatic rings. The molecule has 0 bridgehead atoms. The predicted molar refractivity (Wildman–Crippen MR) is 136 cm³/mol. The lowest BCUT2D eigenvalue weighted by Crippen LogP contribution is -2.50. The van der Waals surface area contributed by atoms with Crippen molar-refractivity contribution in [3.05, 3.63) is 72.1 Å². The van der Waals surface area contributed by atoms with Crippen LogP contribution in [0, 0.1) is 11.3 Å². The second-order valence-corrected chi connectivity index (χ2v) is 10.5. The van der Waals surface area contributed by atoms with Crippen molar-refractivity contribution in [1.29, 1.82) is 5.26 Å². The summed E-state index contributed by atoms with van der Waals surface area (Å²) in [7, 11) is 0. The second-order valence-electron chi connectivity index (χ2n) is 10.5. The molecule has 3 aromatic rings. The van der Waals surface area contributed by atoms with Crippen LogP contribution in [-0.2, 0) is 10.2 Å². The lowest BCUT2D eigenvalue weighted by molar-refractivity contribution is 0.0362. The topological polar surface area (TPSA) is 119 Å². The van der Waals surface area contributed by atoms with Crippen molar-refractivity contribution in [2.75, 3.05) is 0 Å². The fourth-order valence-electron chi connectivity index (χ4n) is 3.92. The van der Waals surface area contributed by atoms with Crippen LogP contribution in [0.2, 0.25) is 0 Å². The summed E-state index contributed by atoms with van der Waals surface area (Å²) in [6.07, 6.45) is 5.79. The van der Waals surface area contributed by atoms with Crippen molar-refractivity contribution in [1.82, 2.24) is 20.3 Å². The predicted octanol–water partition coefficient (Wildman–Crippen LogP) is 5.30. The Balaban J connectivity index is 1.30. The Labute approximate surface area is 216 Å². The van der Waals surface area contributed by atoms with Gasteiger partial charge >= 0.3 is 6.09 Å². The Morgan fingerprint density at radius 2 is 1.54 bits per heavy atom. The molecule has 1 fully saturated rings. The van der Waals surface area contributed by atoms with Gasteiger partial charge in [-0.1, -0.05) is 26.0 Å². The van der Waals surface area contributed by atoms with E-state index in [4.69, 9.17) is 19.5 Å². The fourth-order valence-corrected chi connectivity index (χ4v) is 3.92. The summed E-state index contributed by atoms with van der Waals surface area (Å²) in [5, 5.41) is 11.7. The van der Waals surface area contributed by atoms with Crippen LogP contribution in [0.4, 0.5) is 4.79 Å². The van der Waals surface area contributed by atoms with Crippen molar-refractivity contribution in [3.8, 4) is 23.3 Å². The van der Waals surface area contributed by atoms with E-state index in [9.17, 15) is 4.79 Å². The third-order valence-corrected chi connectivity index (χ3v) is 6.03. The molecule has 37 heavy (non-hydrogen) atoms. The third-order valence-electron chi connectivity index (χ3n) is 6.03. The molecule has 0 radical (unpaired) electrons. The second kappa shape index (κ2) is 10.4. The number of carbonyl (C=O) groups excluding carboxylic acids is 1. The maximum Gasteiger partial charge on any atom is 0.407 e. The highest BCUT2D eigenvalue weighted by atomic mass is 16.6. The minimum atomic E-state index is -0.512. The van der Waals surface area contributed by atoms with Gasteiger partial charge in [-0.05, 0) is 50.6 Å². The average molecular weight is 502 g/mol. The zero-order valence-corrected chi connectivity index (χ0v) is 21.7. The lowest BCUT2D eigenvalue weighted by Gasteiger charge is -2.36. The number of nitrogens with one attached hydrogen (secondary N) is 1. The molecule has 0 saturated heterocycles. The minimum absolute atomic E-state index is 0.0367. The highest BCUT2D eigenvalue weighted by Crippen LogP contribution is 2.33. The van der Waals surface area contributed by atoms with Gasteiger partial charge in [-0.15, -0.1) is 0 Å². The molecular weight excluding hydrogens is 470 g/mol. The molecule has 0 unspecified atom stereocenters. The van der Waals surface area contributed by atoms with Crippen LogP contribution < -0.4 is 14.8 Å². The molecule has 1 saturated carbocycles. The maximum absolute atomic E-state index is 11.9. The van der Waals surface area contributed by atoms with Crippen molar-refractivity contribution >= 4 is 6.09 Å². The van der Waals surface area contributed by atoms with Gasteiger partial charge in [0.25, 0.3) is 0 Å². The summed E-state index contributed by atoms with van der Waals surface area (Å²) in [4.78, 5) is 24.4. The highest BCUT2D eigenvalue weighted by Gasteiger charge is 2.33. The van der Waals surface area contributed by atoms with E-state index in [2.05, 4.69) is 34.1 Å². The number of nitrogens with zero attached hydrogens (tertiary/aromatic N) is 4. The van der Waals surface area contributed by atoms with Crippen LogP contribution in [0.5, 0.6) is 17.2 Å². The van der Waals surface area contributed by atoms with E-state index in [1.54, 1.807) is 6.20 Å². The Morgan fingerprint density at radius 1 is 0.919 bits per heavy atom. The Kier molecular flexibility index (Phi) is 7.30. The van der Waals surface area contributed by atoms with E-state index in [0.717, 1.165) is 24.1 Å². The maximum atomic E-state index is 11.9. The number of hydrogen-bond donors (Lipinski definition) is 1. The molecule has 0 spiro atoms. The lowest BCUT2D eigenvalue weighted by atomic mass is 9.81. The summed E-state index contributed by atoms with van der Waals surface area (Å²) in [5.41, 5.74) is 1.13. The molecule has 192 valence electrons. The standard InChI is InChI=1S/C28H31N5O4/c1-27(2,3)37-26(34)33-19-12-22(13-19)36-21-10-11-24(30-15-21)28(4,5)18-6-8-20(9-7-18)35-23-16-31-25(14-29)32-17-23/h6-11,15-17,19,22H,12-13H2,1-5H3,(H,33,34). The smallest absolute Gasteiger partial charge is 0.407 e.